The van der Waals surface area contributed by atoms with Crippen molar-refractivity contribution in [2.45, 2.75) is 57.9 Å². The number of carbonyl (C=O) groups excluding carboxylic acids is 1. The molecule has 0 aromatic carbocycles. The average molecular weight is 213 g/mol. The first-order chi connectivity index (χ1) is 7.12. The van der Waals surface area contributed by atoms with Gasteiger partial charge in [-0.25, -0.2) is 0 Å². The number of amides is 1. The third kappa shape index (κ3) is 3.49. The van der Waals surface area contributed by atoms with Gasteiger partial charge < -0.3 is 10.4 Å². The minimum atomic E-state index is -0.321. The van der Waals surface area contributed by atoms with Gasteiger partial charge in [0.2, 0.25) is 5.91 Å². The molecule has 1 aliphatic carbocycles. The molecular weight excluding hydrogens is 190 g/mol. The molecule has 0 aliphatic heterocycles. The minimum absolute atomic E-state index is 0.0785. The Morgan fingerprint density at radius 3 is 2.53 bits per heavy atom. The number of hydrogen-bond donors (Lipinski definition) is 2. The summed E-state index contributed by atoms with van der Waals surface area (Å²) in [5.74, 6) is 0.814. The monoisotopic (exact) mass is 213 g/mol. The van der Waals surface area contributed by atoms with Gasteiger partial charge in [0, 0.05) is 6.42 Å². The maximum atomic E-state index is 11.5. The summed E-state index contributed by atoms with van der Waals surface area (Å²) in [5, 5.41) is 12.4. The second-order valence-electron chi connectivity index (χ2n) is 4.92. The number of aliphatic hydroxyl groups is 1. The molecule has 0 unspecified atom stereocenters. The van der Waals surface area contributed by atoms with Gasteiger partial charge in [0.05, 0.1) is 12.1 Å². The molecule has 3 nitrogen and oxygen atoms in total. The van der Waals surface area contributed by atoms with Crippen molar-refractivity contribution in [1.29, 1.82) is 0 Å². The Hall–Kier alpha value is -0.570. The molecule has 0 radical (unpaired) electrons. The minimum Gasteiger partial charge on any atom is -0.394 e. The molecule has 1 aliphatic rings. The van der Waals surface area contributed by atoms with Crippen molar-refractivity contribution in [2.75, 3.05) is 6.61 Å². The molecule has 1 rings (SSSR count). The lowest BCUT2D eigenvalue weighted by molar-refractivity contribution is -0.124. The third-order valence-corrected chi connectivity index (χ3v) is 3.42. The van der Waals surface area contributed by atoms with Crippen LogP contribution in [0.4, 0.5) is 0 Å². The maximum absolute atomic E-state index is 11.5. The van der Waals surface area contributed by atoms with E-state index in [9.17, 15) is 9.90 Å². The lowest BCUT2D eigenvalue weighted by Crippen LogP contribution is -2.53. The van der Waals surface area contributed by atoms with Crippen LogP contribution in [0.25, 0.3) is 0 Å². The van der Waals surface area contributed by atoms with Crippen LogP contribution in [-0.2, 0) is 4.79 Å². The second-order valence-corrected chi connectivity index (χ2v) is 4.92. The average Bonchev–Trinajstić information content (AvgIpc) is 2.22. The Kier molecular flexibility index (Phi) is 4.58. The fourth-order valence-electron chi connectivity index (χ4n) is 2.22. The van der Waals surface area contributed by atoms with Crippen LogP contribution in [0.5, 0.6) is 0 Å². The van der Waals surface area contributed by atoms with Gasteiger partial charge in [-0.1, -0.05) is 13.8 Å². The molecule has 1 amide bonds. The molecule has 88 valence electrons. The van der Waals surface area contributed by atoms with Crippen LogP contribution in [0.2, 0.25) is 0 Å². The Balaban J connectivity index is 2.49. The first kappa shape index (κ1) is 12.5. The summed E-state index contributed by atoms with van der Waals surface area (Å²) in [6.45, 7) is 4.30. The Bertz CT molecular complexity index is 208. The van der Waals surface area contributed by atoms with Crippen molar-refractivity contribution >= 4 is 5.91 Å². The molecule has 2 N–H and O–H groups in total. The van der Waals surface area contributed by atoms with E-state index in [2.05, 4.69) is 12.2 Å². The van der Waals surface area contributed by atoms with Crippen molar-refractivity contribution in [2.24, 2.45) is 5.92 Å². The molecule has 0 aromatic rings. The first-order valence-corrected chi connectivity index (χ1v) is 6.04. The van der Waals surface area contributed by atoms with Gasteiger partial charge in [0.25, 0.3) is 0 Å². The summed E-state index contributed by atoms with van der Waals surface area (Å²) in [5.41, 5.74) is -0.321. The van der Waals surface area contributed by atoms with E-state index >= 15 is 0 Å². The summed E-state index contributed by atoms with van der Waals surface area (Å²) in [6.07, 6.45) is 5.47. The van der Waals surface area contributed by atoms with Crippen molar-refractivity contribution in [3.8, 4) is 0 Å². The van der Waals surface area contributed by atoms with Gasteiger partial charge >= 0.3 is 0 Å². The molecule has 0 heterocycles. The van der Waals surface area contributed by atoms with Crippen LogP contribution in [0, 0.1) is 5.92 Å². The predicted octanol–water partition coefficient (Wildman–Crippen LogP) is 1.84. The van der Waals surface area contributed by atoms with Crippen LogP contribution in [0.15, 0.2) is 0 Å². The van der Waals surface area contributed by atoms with Gasteiger partial charge in [-0.05, 0) is 38.0 Å². The van der Waals surface area contributed by atoms with Crippen LogP contribution < -0.4 is 5.32 Å². The van der Waals surface area contributed by atoms with E-state index in [1.54, 1.807) is 0 Å². The SMILES string of the molecule is CCCC(=O)NC1(CO)CCC(C)CC1. The number of nitrogens with one attached hydrogen (secondary N) is 1. The van der Waals surface area contributed by atoms with Gasteiger partial charge in [0.15, 0.2) is 0 Å². The summed E-state index contributed by atoms with van der Waals surface area (Å²) >= 11 is 0. The van der Waals surface area contributed by atoms with E-state index in [0.29, 0.717) is 6.42 Å². The number of hydrogen-bond acceptors (Lipinski definition) is 2. The smallest absolute Gasteiger partial charge is 0.220 e. The van der Waals surface area contributed by atoms with Crippen LogP contribution in [0.3, 0.4) is 0 Å². The number of carbonyl (C=O) groups is 1. The molecule has 0 bridgehead atoms. The van der Waals surface area contributed by atoms with E-state index in [1.165, 1.54) is 0 Å². The number of rotatable bonds is 4. The van der Waals surface area contributed by atoms with Crippen LogP contribution in [0.1, 0.15) is 52.4 Å². The molecule has 0 saturated heterocycles. The van der Waals surface area contributed by atoms with Crippen LogP contribution >= 0.6 is 0 Å². The molecule has 1 saturated carbocycles. The highest BCUT2D eigenvalue weighted by Crippen LogP contribution is 2.31. The lowest BCUT2D eigenvalue weighted by Gasteiger charge is -2.38. The highest BCUT2D eigenvalue weighted by Gasteiger charge is 2.34. The zero-order valence-electron chi connectivity index (χ0n) is 9.88. The number of aliphatic hydroxyl groups excluding tert-OH is 1. The van der Waals surface area contributed by atoms with Crippen molar-refractivity contribution < 1.29 is 9.90 Å². The Morgan fingerprint density at radius 1 is 1.47 bits per heavy atom. The maximum Gasteiger partial charge on any atom is 0.220 e. The van der Waals surface area contributed by atoms with Crippen molar-refractivity contribution in [3.05, 3.63) is 0 Å². The molecule has 0 atom stereocenters. The molecule has 1 fully saturated rings. The van der Waals surface area contributed by atoms with Crippen molar-refractivity contribution in [3.63, 3.8) is 0 Å². The summed E-state index contributed by atoms with van der Waals surface area (Å²) in [4.78, 5) is 11.5. The van der Waals surface area contributed by atoms with Gasteiger partial charge in [-0.15, -0.1) is 0 Å². The summed E-state index contributed by atoms with van der Waals surface area (Å²) < 4.78 is 0. The van der Waals surface area contributed by atoms with E-state index in [-0.39, 0.29) is 18.1 Å². The van der Waals surface area contributed by atoms with Crippen molar-refractivity contribution in [1.82, 2.24) is 5.32 Å². The lowest BCUT2D eigenvalue weighted by atomic mass is 9.77. The first-order valence-electron chi connectivity index (χ1n) is 6.04. The molecule has 3 heteroatoms. The van der Waals surface area contributed by atoms with E-state index in [1.807, 2.05) is 6.92 Å². The fourth-order valence-corrected chi connectivity index (χ4v) is 2.22. The molecular formula is C12H23NO2. The molecule has 0 spiro atoms. The Labute approximate surface area is 92.3 Å². The highest BCUT2D eigenvalue weighted by atomic mass is 16.3. The zero-order chi connectivity index (χ0) is 11.3. The third-order valence-electron chi connectivity index (χ3n) is 3.42. The standard InChI is InChI=1S/C12H23NO2/c1-3-4-11(15)13-12(9-14)7-5-10(2)6-8-12/h10,14H,3-9H2,1-2H3,(H,13,15). The topological polar surface area (TPSA) is 49.3 Å². The molecule has 15 heavy (non-hydrogen) atoms. The van der Waals surface area contributed by atoms with E-state index < -0.39 is 0 Å². The van der Waals surface area contributed by atoms with Crippen LogP contribution in [-0.4, -0.2) is 23.2 Å². The van der Waals surface area contributed by atoms with Gasteiger partial charge in [-0.2, -0.15) is 0 Å². The zero-order valence-corrected chi connectivity index (χ0v) is 9.88. The second kappa shape index (κ2) is 5.50. The quantitative estimate of drug-likeness (QED) is 0.748. The van der Waals surface area contributed by atoms with E-state index in [4.69, 9.17) is 0 Å². The highest BCUT2D eigenvalue weighted by molar-refractivity contribution is 5.76. The normalized spacial score (nSPS) is 31.3. The fraction of sp³-hybridized carbons (Fsp3) is 0.917. The Morgan fingerprint density at radius 2 is 2.07 bits per heavy atom. The van der Waals surface area contributed by atoms with Gasteiger partial charge in [0.1, 0.15) is 0 Å². The van der Waals surface area contributed by atoms with Gasteiger partial charge in [-0.3, -0.25) is 4.79 Å². The summed E-state index contributed by atoms with van der Waals surface area (Å²) in [6, 6.07) is 0. The summed E-state index contributed by atoms with van der Waals surface area (Å²) in [7, 11) is 0. The van der Waals surface area contributed by atoms with E-state index in [0.717, 1.165) is 38.0 Å². The predicted molar refractivity (Wildman–Crippen MR) is 60.5 cm³/mol. The largest absolute Gasteiger partial charge is 0.394 e. The molecule has 0 aromatic heterocycles.